The Hall–Kier alpha value is -3.71. The second kappa shape index (κ2) is 9.86. The van der Waals surface area contributed by atoms with E-state index in [1.54, 1.807) is 6.07 Å². The van der Waals surface area contributed by atoms with E-state index in [1.807, 2.05) is 42.5 Å². The van der Waals surface area contributed by atoms with Gasteiger partial charge in [-0.3, -0.25) is 9.59 Å². The second-order valence-corrected chi connectivity index (χ2v) is 7.35. The summed E-state index contributed by atoms with van der Waals surface area (Å²) in [6.07, 6.45) is 1.24. The summed E-state index contributed by atoms with van der Waals surface area (Å²) >= 11 is 6.04. The molecule has 0 saturated carbocycles. The summed E-state index contributed by atoms with van der Waals surface area (Å²) in [7, 11) is 0. The molecule has 1 unspecified atom stereocenters. The number of nitrogens with one attached hydrogen (secondary N) is 1. The van der Waals surface area contributed by atoms with Gasteiger partial charge in [0.15, 0.2) is 0 Å². The number of nitrogens with zero attached hydrogens (tertiary/aromatic N) is 1. The number of hydrogen-bond acceptors (Lipinski definition) is 4. The number of aromatic carboxylic acids is 1. The number of pyridine rings is 1. The Labute approximate surface area is 183 Å². The Kier molecular flexibility index (Phi) is 6.99. The van der Waals surface area contributed by atoms with Gasteiger partial charge < -0.3 is 15.5 Å². The van der Waals surface area contributed by atoms with Gasteiger partial charge in [0, 0.05) is 22.8 Å². The first-order valence-electron chi connectivity index (χ1n) is 9.38. The quantitative estimate of drug-likeness (QED) is 0.491. The zero-order valence-electron chi connectivity index (χ0n) is 16.3. The van der Waals surface area contributed by atoms with Crippen molar-refractivity contribution in [3.05, 3.63) is 88.7 Å². The molecule has 3 rings (SSSR count). The summed E-state index contributed by atoms with van der Waals surface area (Å²) in [6, 6.07) is 16.8. The normalized spacial score (nSPS) is 11.5. The molecule has 0 spiro atoms. The monoisotopic (exact) mass is 438 g/mol. The number of benzene rings is 2. The molecule has 158 valence electrons. The average molecular weight is 439 g/mol. The lowest BCUT2D eigenvalue weighted by atomic mass is 9.99. The summed E-state index contributed by atoms with van der Waals surface area (Å²) in [5.41, 5.74) is 2.60. The highest BCUT2D eigenvalue weighted by Gasteiger charge is 2.19. The summed E-state index contributed by atoms with van der Waals surface area (Å²) < 4.78 is 0. The molecule has 3 N–H and O–H groups in total. The molecular formula is C23H19ClN2O5. The molecule has 7 nitrogen and oxygen atoms in total. The van der Waals surface area contributed by atoms with Crippen LogP contribution in [0.15, 0.2) is 66.9 Å². The second-order valence-electron chi connectivity index (χ2n) is 6.91. The highest BCUT2D eigenvalue weighted by atomic mass is 35.5. The van der Waals surface area contributed by atoms with Crippen LogP contribution in [-0.2, 0) is 11.2 Å². The van der Waals surface area contributed by atoms with E-state index in [-0.39, 0.29) is 17.7 Å². The van der Waals surface area contributed by atoms with Crippen molar-refractivity contribution in [3.8, 4) is 11.1 Å². The van der Waals surface area contributed by atoms with Gasteiger partial charge in [-0.05, 0) is 47.4 Å². The lowest BCUT2D eigenvalue weighted by molar-refractivity contribution is -0.137. The van der Waals surface area contributed by atoms with E-state index in [0.717, 1.165) is 22.8 Å². The maximum atomic E-state index is 12.5. The Morgan fingerprint density at radius 2 is 1.71 bits per heavy atom. The first-order chi connectivity index (χ1) is 14.8. The number of halogens is 1. The predicted molar refractivity (Wildman–Crippen MR) is 115 cm³/mol. The molecule has 0 bridgehead atoms. The van der Waals surface area contributed by atoms with E-state index in [1.165, 1.54) is 12.3 Å². The number of carbonyl (C=O) groups excluding carboxylic acids is 1. The molecule has 0 radical (unpaired) electrons. The smallest absolute Gasteiger partial charge is 0.354 e. The molecule has 0 fully saturated rings. The molecule has 3 aromatic rings. The van der Waals surface area contributed by atoms with Crippen LogP contribution in [0.4, 0.5) is 0 Å². The highest BCUT2D eigenvalue weighted by molar-refractivity contribution is 6.30. The van der Waals surface area contributed by atoms with E-state index >= 15 is 0 Å². The number of aliphatic carboxylic acids is 1. The molecule has 0 aliphatic rings. The Balaban J connectivity index is 1.74. The minimum Gasteiger partial charge on any atom is -0.481 e. The predicted octanol–water partition coefficient (Wildman–Crippen LogP) is 3.92. The van der Waals surface area contributed by atoms with E-state index in [4.69, 9.17) is 16.7 Å². The average Bonchev–Trinajstić information content (AvgIpc) is 2.74. The van der Waals surface area contributed by atoms with Crippen molar-refractivity contribution < 1.29 is 24.6 Å². The molecule has 1 amide bonds. The largest absolute Gasteiger partial charge is 0.481 e. The molecule has 8 heteroatoms. The molecule has 1 atom stereocenters. The molecule has 31 heavy (non-hydrogen) atoms. The van der Waals surface area contributed by atoms with Gasteiger partial charge in [-0.25, -0.2) is 9.78 Å². The fraction of sp³-hybridized carbons (Fsp3) is 0.130. The fourth-order valence-corrected chi connectivity index (χ4v) is 3.32. The number of amides is 1. The summed E-state index contributed by atoms with van der Waals surface area (Å²) in [5.74, 6) is -2.87. The number of hydrogen-bond donors (Lipinski definition) is 3. The molecule has 0 saturated heterocycles. The van der Waals surface area contributed by atoms with Crippen molar-refractivity contribution in [1.29, 1.82) is 0 Å². The van der Waals surface area contributed by atoms with Crippen LogP contribution in [0.2, 0.25) is 5.02 Å². The third kappa shape index (κ3) is 6.13. The van der Waals surface area contributed by atoms with Crippen LogP contribution in [0.3, 0.4) is 0 Å². The minimum absolute atomic E-state index is 0.0964. The van der Waals surface area contributed by atoms with E-state index in [0.29, 0.717) is 11.4 Å². The van der Waals surface area contributed by atoms with Gasteiger partial charge in [0.05, 0.1) is 6.42 Å². The molecule has 2 aromatic carbocycles. The number of carbonyl (C=O) groups is 3. The standard InChI is InChI=1S/C23H19ClN2O5/c24-18-3-1-2-16(11-18)15-6-4-14(5-7-15)10-19(13-21(27)28)26-22(29)17-8-9-25-20(12-17)23(30)31/h1-9,11-12,19H,10,13H2,(H,26,29)(H,27,28)(H,30,31). The number of carboxylic acids is 2. The maximum Gasteiger partial charge on any atom is 0.354 e. The van der Waals surface area contributed by atoms with Crippen LogP contribution in [0.25, 0.3) is 11.1 Å². The molecule has 1 aromatic heterocycles. The number of aromatic nitrogens is 1. The molecule has 0 aliphatic heterocycles. The Morgan fingerprint density at radius 3 is 2.35 bits per heavy atom. The lowest BCUT2D eigenvalue weighted by Gasteiger charge is -2.17. The third-order valence-corrected chi connectivity index (χ3v) is 4.83. The fourth-order valence-electron chi connectivity index (χ4n) is 3.13. The first kappa shape index (κ1) is 22.0. The van der Waals surface area contributed by atoms with E-state index in [9.17, 15) is 19.5 Å². The molecule has 0 aliphatic carbocycles. The van der Waals surface area contributed by atoms with Crippen LogP contribution in [0, 0.1) is 0 Å². The van der Waals surface area contributed by atoms with Gasteiger partial charge in [0.1, 0.15) is 5.69 Å². The number of carboxylic acid groups (broad SMARTS) is 2. The molecule has 1 heterocycles. The van der Waals surface area contributed by atoms with Crippen LogP contribution in [-0.4, -0.2) is 39.1 Å². The summed E-state index contributed by atoms with van der Waals surface area (Å²) in [4.78, 5) is 38.5. The van der Waals surface area contributed by atoms with Gasteiger partial charge in [-0.1, -0.05) is 48.0 Å². The number of rotatable bonds is 8. The van der Waals surface area contributed by atoms with Crippen molar-refractivity contribution in [2.45, 2.75) is 18.9 Å². The first-order valence-corrected chi connectivity index (χ1v) is 9.76. The maximum absolute atomic E-state index is 12.5. The van der Waals surface area contributed by atoms with Crippen LogP contribution in [0.5, 0.6) is 0 Å². The van der Waals surface area contributed by atoms with Crippen molar-refractivity contribution >= 4 is 29.4 Å². The van der Waals surface area contributed by atoms with Crippen molar-refractivity contribution in [1.82, 2.24) is 10.3 Å². The van der Waals surface area contributed by atoms with E-state index in [2.05, 4.69) is 10.3 Å². The van der Waals surface area contributed by atoms with Gasteiger partial charge in [-0.15, -0.1) is 0 Å². The van der Waals surface area contributed by atoms with Crippen LogP contribution in [0.1, 0.15) is 32.8 Å². The topological polar surface area (TPSA) is 117 Å². The summed E-state index contributed by atoms with van der Waals surface area (Å²) in [5, 5.41) is 21.6. The van der Waals surface area contributed by atoms with Gasteiger partial charge >= 0.3 is 11.9 Å². The van der Waals surface area contributed by atoms with Crippen molar-refractivity contribution in [2.24, 2.45) is 0 Å². The van der Waals surface area contributed by atoms with Gasteiger partial charge in [-0.2, -0.15) is 0 Å². The van der Waals surface area contributed by atoms with E-state index < -0.39 is 23.9 Å². The Morgan fingerprint density at radius 1 is 0.968 bits per heavy atom. The highest BCUT2D eigenvalue weighted by Crippen LogP contribution is 2.23. The van der Waals surface area contributed by atoms with Crippen molar-refractivity contribution in [3.63, 3.8) is 0 Å². The van der Waals surface area contributed by atoms with Crippen molar-refractivity contribution in [2.75, 3.05) is 0 Å². The van der Waals surface area contributed by atoms with Gasteiger partial charge in [0.25, 0.3) is 5.91 Å². The lowest BCUT2D eigenvalue weighted by Crippen LogP contribution is -2.38. The van der Waals surface area contributed by atoms with Crippen LogP contribution >= 0.6 is 11.6 Å². The zero-order valence-corrected chi connectivity index (χ0v) is 17.0. The van der Waals surface area contributed by atoms with Crippen LogP contribution < -0.4 is 5.32 Å². The Bertz CT molecular complexity index is 1110. The SMILES string of the molecule is O=C(O)CC(Cc1ccc(-c2cccc(Cl)c2)cc1)NC(=O)c1ccnc(C(=O)O)c1. The van der Waals surface area contributed by atoms with Gasteiger partial charge in [0.2, 0.25) is 0 Å². The minimum atomic E-state index is -1.25. The summed E-state index contributed by atoms with van der Waals surface area (Å²) in [6.45, 7) is 0. The third-order valence-electron chi connectivity index (χ3n) is 4.59. The molecular weight excluding hydrogens is 420 g/mol. The zero-order chi connectivity index (χ0) is 22.4.